The number of fused-ring (bicyclic) bond motifs is 1. The lowest BCUT2D eigenvalue weighted by Crippen LogP contribution is -2.26. The number of anilines is 2. The van der Waals surface area contributed by atoms with Crippen molar-refractivity contribution in [2.75, 3.05) is 17.2 Å². The highest BCUT2D eigenvalue weighted by Gasteiger charge is 2.22. The van der Waals surface area contributed by atoms with Gasteiger partial charge in [-0.2, -0.15) is 9.97 Å². The smallest absolute Gasteiger partial charge is 0.226 e. The predicted octanol–water partition coefficient (Wildman–Crippen LogP) is 5.12. The SMILES string of the molecule is CC(N)CNc1nc(NCc2ccc(-c3cccc(F)c3)cc2)c2ncn(C3CCCC3)c2n1. The second-order valence-electron chi connectivity index (χ2n) is 9.08. The molecule has 0 amide bonds. The number of rotatable bonds is 8. The van der Waals surface area contributed by atoms with E-state index >= 15 is 0 Å². The Morgan fingerprint density at radius 2 is 1.85 bits per heavy atom. The van der Waals surface area contributed by atoms with Crippen LogP contribution in [0, 0.1) is 5.82 Å². The minimum Gasteiger partial charge on any atom is -0.364 e. The van der Waals surface area contributed by atoms with Gasteiger partial charge in [0.05, 0.1) is 6.33 Å². The average molecular weight is 460 g/mol. The largest absolute Gasteiger partial charge is 0.364 e. The molecule has 34 heavy (non-hydrogen) atoms. The molecule has 0 spiro atoms. The van der Waals surface area contributed by atoms with Crippen LogP contribution in [0.1, 0.15) is 44.2 Å². The number of hydrogen-bond acceptors (Lipinski definition) is 6. The van der Waals surface area contributed by atoms with Gasteiger partial charge in [0.2, 0.25) is 5.95 Å². The van der Waals surface area contributed by atoms with Crippen molar-refractivity contribution in [3.8, 4) is 11.1 Å². The molecular weight excluding hydrogens is 429 g/mol. The van der Waals surface area contributed by atoms with Crippen molar-refractivity contribution in [2.24, 2.45) is 5.73 Å². The molecule has 0 aliphatic heterocycles. The van der Waals surface area contributed by atoms with Crippen LogP contribution in [0.5, 0.6) is 0 Å². The van der Waals surface area contributed by atoms with Crippen LogP contribution in [0.25, 0.3) is 22.3 Å². The van der Waals surface area contributed by atoms with Crippen LogP contribution in [0.3, 0.4) is 0 Å². The van der Waals surface area contributed by atoms with Crippen molar-refractivity contribution in [1.82, 2.24) is 19.5 Å². The fourth-order valence-electron chi connectivity index (χ4n) is 4.49. The summed E-state index contributed by atoms with van der Waals surface area (Å²) in [6, 6.07) is 15.1. The number of benzene rings is 2. The fraction of sp³-hybridized carbons (Fsp3) is 0.346. The normalized spacial score (nSPS) is 15.0. The summed E-state index contributed by atoms with van der Waals surface area (Å²) in [5.41, 5.74) is 10.5. The molecule has 1 aliphatic rings. The van der Waals surface area contributed by atoms with Crippen molar-refractivity contribution in [3.05, 3.63) is 66.2 Å². The van der Waals surface area contributed by atoms with Crippen LogP contribution in [-0.4, -0.2) is 32.1 Å². The van der Waals surface area contributed by atoms with Gasteiger partial charge < -0.3 is 20.9 Å². The molecule has 0 saturated heterocycles. The number of nitrogens with one attached hydrogen (secondary N) is 2. The third kappa shape index (κ3) is 4.87. The highest BCUT2D eigenvalue weighted by atomic mass is 19.1. The van der Waals surface area contributed by atoms with Crippen LogP contribution >= 0.6 is 0 Å². The number of halogens is 1. The molecular formula is C26H30FN7. The van der Waals surface area contributed by atoms with Crippen molar-refractivity contribution < 1.29 is 4.39 Å². The summed E-state index contributed by atoms with van der Waals surface area (Å²) in [5.74, 6) is 1.01. The number of nitrogens with two attached hydrogens (primary N) is 1. The number of imidazole rings is 1. The van der Waals surface area contributed by atoms with Gasteiger partial charge in [-0.15, -0.1) is 0 Å². The minimum atomic E-state index is -0.235. The molecule has 1 aliphatic carbocycles. The molecule has 2 heterocycles. The quantitative estimate of drug-likeness (QED) is 0.339. The van der Waals surface area contributed by atoms with E-state index in [0.29, 0.717) is 30.9 Å². The summed E-state index contributed by atoms with van der Waals surface area (Å²) in [6.45, 7) is 3.11. The second-order valence-corrected chi connectivity index (χ2v) is 9.08. The van der Waals surface area contributed by atoms with Gasteiger partial charge in [-0.3, -0.25) is 0 Å². The number of nitrogens with zero attached hydrogens (tertiary/aromatic N) is 4. The fourth-order valence-corrected chi connectivity index (χ4v) is 4.49. The van der Waals surface area contributed by atoms with Crippen molar-refractivity contribution in [3.63, 3.8) is 0 Å². The lowest BCUT2D eigenvalue weighted by molar-refractivity contribution is 0.529. The van der Waals surface area contributed by atoms with E-state index in [9.17, 15) is 4.39 Å². The summed E-state index contributed by atoms with van der Waals surface area (Å²) in [6.07, 6.45) is 6.67. The molecule has 4 aromatic rings. The van der Waals surface area contributed by atoms with E-state index in [-0.39, 0.29) is 11.9 Å². The maximum Gasteiger partial charge on any atom is 0.226 e. The first-order chi connectivity index (χ1) is 16.6. The van der Waals surface area contributed by atoms with E-state index in [1.807, 2.05) is 43.6 Å². The third-order valence-corrected chi connectivity index (χ3v) is 6.29. The van der Waals surface area contributed by atoms with E-state index in [1.165, 1.54) is 18.9 Å². The van der Waals surface area contributed by atoms with E-state index in [4.69, 9.17) is 15.7 Å². The molecule has 4 N–H and O–H groups in total. The molecule has 1 atom stereocenters. The Balaban J connectivity index is 1.38. The molecule has 2 aromatic heterocycles. The summed E-state index contributed by atoms with van der Waals surface area (Å²) in [4.78, 5) is 14.1. The second kappa shape index (κ2) is 9.77. The Hall–Kier alpha value is -3.52. The van der Waals surface area contributed by atoms with Crippen molar-refractivity contribution >= 4 is 22.9 Å². The Morgan fingerprint density at radius 3 is 2.59 bits per heavy atom. The molecule has 8 heteroatoms. The Labute approximate surface area is 198 Å². The zero-order valence-electron chi connectivity index (χ0n) is 19.3. The first-order valence-corrected chi connectivity index (χ1v) is 11.9. The van der Waals surface area contributed by atoms with Crippen LogP contribution in [0.2, 0.25) is 0 Å². The van der Waals surface area contributed by atoms with Crippen LogP contribution in [0.4, 0.5) is 16.2 Å². The van der Waals surface area contributed by atoms with Crippen LogP contribution in [0.15, 0.2) is 54.9 Å². The van der Waals surface area contributed by atoms with E-state index in [2.05, 4.69) is 20.2 Å². The van der Waals surface area contributed by atoms with Gasteiger partial charge in [0.15, 0.2) is 17.0 Å². The first kappa shape index (κ1) is 22.3. The summed E-state index contributed by atoms with van der Waals surface area (Å²) in [7, 11) is 0. The number of hydrogen-bond donors (Lipinski definition) is 3. The zero-order valence-corrected chi connectivity index (χ0v) is 19.3. The summed E-state index contributed by atoms with van der Waals surface area (Å²) >= 11 is 0. The Bertz CT molecular complexity index is 1260. The van der Waals surface area contributed by atoms with Crippen molar-refractivity contribution in [1.29, 1.82) is 0 Å². The molecule has 1 saturated carbocycles. The van der Waals surface area contributed by atoms with Gasteiger partial charge in [-0.25, -0.2) is 9.37 Å². The van der Waals surface area contributed by atoms with E-state index < -0.39 is 0 Å². The molecule has 5 rings (SSSR count). The van der Waals surface area contributed by atoms with Gasteiger partial charge in [-0.1, -0.05) is 49.2 Å². The minimum absolute atomic E-state index is 0.00736. The zero-order chi connectivity index (χ0) is 23.5. The Kier molecular flexibility index (Phi) is 6.40. The van der Waals surface area contributed by atoms with Gasteiger partial charge in [0, 0.05) is 25.2 Å². The van der Waals surface area contributed by atoms with Gasteiger partial charge in [0.1, 0.15) is 5.82 Å². The van der Waals surface area contributed by atoms with Gasteiger partial charge >= 0.3 is 0 Å². The standard InChI is InChI=1S/C26H30FN7/c1-17(28)14-30-26-32-24(23-25(33-26)34(16-31-23)22-7-2-3-8-22)29-15-18-9-11-19(12-10-18)20-5-4-6-21(27)13-20/h4-6,9-13,16-17,22H,2-3,7-8,14-15,28H2,1H3,(H2,29,30,32,33). The van der Waals surface area contributed by atoms with E-state index in [0.717, 1.165) is 40.7 Å². The highest BCUT2D eigenvalue weighted by Crippen LogP contribution is 2.33. The topological polar surface area (TPSA) is 93.7 Å². The monoisotopic (exact) mass is 459 g/mol. The van der Waals surface area contributed by atoms with Gasteiger partial charge in [-0.05, 0) is 48.6 Å². The Morgan fingerprint density at radius 1 is 1.06 bits per heavy atom. The highest BCUT2D eigenvalue weighted by molar-refractivity contribution is 5.84. The lowest BCUT2D eigenvalue weighted by Gasteiger charge is -2.14. The molecule has 7 nitrogen and oxygen atoms in total. The maximum atomic E-state index is 13.6. The van der Waals surface area contributed by atoms with Crippen LogP contribution < -0.4 is 16.4 Å². The predicted molar refractivity (Wildman–Crippen MR) is 134 cm³/mol. The average Bonchev–Trinajstić information content (AvgIpc) is 3.51. The molecule has 1 fully saturated rings. The molecule has 1 unspecified atom stereocenters. The third-order valence-electron chi connectivity index (χ3n) is 6.29. The molecule has 0 bridgehead atoms. The maximum absolute atomic E-state index is 13.6. The van der Waals surface area contributed by atoms with Gasteiger partial charge in [0.25, 0.3) is 0 Å². The van der Waals surface area contributed by atoms with Crippen LogP contribution in [-0.2, 0) is 6.54 Å². The molecule has 0 radical (unpaired) electrons. The summed E-state index contributed by atoms with van der Waals surface area (Å²) < 4.78 is 15.8. The van der Waals surface area contributed by atoms with E-state index in [1.54, 1.807) is 12.1 Å². The molecule has 2 aromatic carbocycles. The lowest BCUT2D eigenvalue weighted by atomic mass is 10.0. The van der Waals surface area contributed by atoms with Crippen molar-refractivity contribution in [2.45, 2.75) is 51.2 Å². The molecule has 176 valence electrons. The number of aromatic nitrogens is 4. The first-order valence-electron chi connectivity index (χ1n) is 11.9. The summed E-state index contributed by atoms with van der Waals surface area (Å²) in [5, 5.41) is 6.70.